The standard InChI is InChI=1S/C29H36N4O2/c1-20(2)16-17-32-19-25(31-28(34)21(3)30-4)29(35)33(27-15-8-7-14-26(27)32)18-23-12-9-11-22-10-5-6-13-24(22)23/h5-15,20-21,25,30H,16-19H2,1-4H3,(H,31,34)/t21-,25?/m0/s1. The number of carbonyl (C=O) groups excluding carboxylic acids is 2. The number of fused-ring (bicyclic) bond motifs is 2. The molecule has 184 valence electrons. The molecule has 0 aliphatic carbocycles. The minimum atomic E-state index is -0.646. The third-order valence-corrected chi connectivity index (χ3v) is 6.81. The number of nitrogens with zero attached hydrogens (tertiary/aromatic N) is 2. The summed E-state index contributed by atoms with van der Waals surface area (Å²) in [5, 5.41) is 8.28. The maximum absolute atomic E-state index is 14.0. The predicted octanol–water partition coefficient (Wildman–Crippen LogP) is 4.33. The summed E-state index contributed by atoms with van der Waals surface area (Å²) in [5.74, 6) is 0.269. The lowest BCUT2D eigenvalue weighted by Gasteiger charge is -2.28. The van der Waals surface area contributed by atoms with Crippen LogP contribution in [0.1, 0.15) is 32.8 Å². The van der Waals surface area contributed by atoms with Crippen molar-refractivity contribution in [3.63, 3.8) is 0 Å². The van der Waals surface area contributed by atoms with E-state index in [1.165, 1.54) is 0 Å². The average Bonchev–Trinajstić information content (AvgIpc) is 2.97. The molecule has 2 atom stereocenters. The highest BCUT2D eigenvalue weighted by Gasteiger charge is 2.35. The van der Waals surface area contributed by atoms with Crippen molar-refractivity contribution in [2.45, 2.75) is 45.8 Å². The molecule has 1 heterocycles. The summed E-state index contributed by atoms with van der Waals surface area (Å²) in [7, 11) is 1.75. The number of likely N-dealkylation sites (N-methyl/N-ethyl adjacent to an activating group) is 1. The molecular formula is C29H36N4O2. The zero-order chi connectivity index (χ0) is 24.9. The van der Waals surface area contributed by atoms with Crippen LogP contribution >= 0.6 is 0 Å². The van der Waals surface area contributed by atoms with Gasteiger partial charge in [0.1, 0.15) is 6.04 Å². The number of rotatable bonds is 8. The van der Waals surface area contributed by atoms with Crippen molar-refractivity contribution in [1.82, 2.24) is 10.6 Å². The summed E-state index contributed by atoms with van der Waals surface area (Å²) in [6.45, 7) is 7.90. The number of benzene rings is 3. The van der Waals surface area contributed by atoms with Gasteiger partial charge < -0.3 is 20.4 Å². The third kappa shape index (κ3) is 5.49. The van der Waals surface area contributed by atoms with Crippen LogP contribution in [0.4, 0.5) is 11.4 Å². The summed E-state index contributed by atoms with van der Waals surface area (Å²) in [6.07, 6.45) is 0.999. The van der Waals surface area contributed by atoms with E-state index in [2.05, 4.69) is 59.7 Å². The monoisotopic (exact) mass is 472 g/mol. The highest BCUT2D eigenvalue weighted by Crippen LogP contribution is 2.35. The molecule has 2 N–H and O–H groups in total. The van der Waals surface area contributed by atoms with Crippen LogP contribution in [0.3, 0.4) is 0 Å². The van der Waals surface area contributed by atoms with Gasteiger partial charge in [0.2, 0.25) is 5.91 Å². The first-order chi connectivity index (χ1) is 16.9. The Balaban J connectivity index is 1.76. The Morgan fingerprint density at radius 2 is 1.66 bits per heavy atom. The fraction of sp³-hybridized carbons (Fsp3) is 0.379. The molecule has 0 fully saturated rings. The molecule has 3 aromatic carbocycles. The fourth-order valence-corrected chi connectivity index (χ4v) is 4.59. The van der Waals surface area contributed by atoms with Crippen LogP contribution in [0, 0.1) is 5.92 Å². The molecule has 0 saturated carbocycles. The Labute approximate surface area is 208 Å². The van der Waals surface area contributed by atoms with Gasteiger partial charge in [0.25, 0.3) is 5.91 Å². The van der Waals surface area contributed by atoms with Crippen molar-refractivity contribution >= 4 is 34.0 Å². The molecule has 1 aliphatic heterocycles. The van der Waals surface area contributed by atoms with Gasteiger partial charge in [0, 0.05) is 13.1 Å². The maximum atomic E-state index is 14.0. The summed E-state index contributed by atoms with van der Waals surface area (Å²) in [4.78, 5) is 31.0. The van der Waals surface area contributed by atoms with Gasteiger partial charge in [-0.2, -0.15) is 0 Å². The predicted molar refractivity (Wildman–Crippen MR) is 144 cm³/mol. The van der Waals surface area contributed by atoms with E-state index in [1.807, 2.05) is 41.3 Å². The molecule has 1 aliphatic rings. The largest absolute Gasteiger partial charge is 0.367 e. The Hall–Kier alpha value is -3.38. The van der Waals surface area contributed by atoms with Gasteiger partial charge in [-0.15, -0.1) is 0 Å². The van der Waals surface area contributed by atoms with Crippen LogP contribution in [-0.4, -0.2) is 44.0 Å². The van der Waals surface area contributed by atoms with Crippen LogP contribution in [0.2, 0.25) is 0 Å². The molecule has 6 heteroatoms. The van der Waals surface area contributed by atoms with E-state index in [0.29, 0.717) is 19.0 Å². The molecule has 0 radical (unpaired) electrons. The zero-order valence-electron chi connectivity index (χ0n) is 21.1. The van der Waals surface area contributed by atoms with Crippen molar-refractivity contribution in [2.75, 3.05) is 29.9 Å². The van der Waals surface area contributed by atoms with Gasteiger partial charge in [-0.25, -0.2) is 0 Å². The summed E-state index contributed by atoms with van der Waals surface area (Å²) < 4.78 is 0. The number of amides is 2. The van der Waals surface area contributed by atoms with E-state index in [1.54, 1.807) is 14.0 Å². The second-order valence-electron chi connectivity index (χ2n) is 9.75. The van der Waals surface area contributed by atoms with Crippen molar-refractivity contribution in [1.29, 1.82) is 0 Å². The molecule has 0 bridgehead atoms. The minimum Gasteiger partial charge on any atom is -0.367 e. The van der Waals surface area contributed by atoms with Gasteiger partial charge >= 0.3 is 0 Å². The lowest BCUT2D eigenvalue weighted by atomic mass is 10.0. The molecule has 6 nitrogen and oxygen atoms in total. The number of nitrogens with one attached hydrogen (secondary N) is 2. The molecule has 0 aromatic heterocycles. The van der Waals surface area contributed by atoms with Gasteiger partial charge in [-0.1, -0.05) is 68.4 Å². The minimum absolute atomic E-state index is 0.0888. The molecule has 1 unspecified atom stereocenters. The molecule has 0 saturated heterocycles. The first-order valence-electron chi connectivity index (χ1n) is 12.5. The molecule has 2 amide bonds. The lowest BCUT2D eigenvalue weighted by molar-refractivity contribution is -0.128. The van der Waals surface area contributed by atoms with E-state index in [9.17, 15) is 9.59 Å². The first-order valence-corrected chi connectivity index (χ1v) is 12.5. The SMILES string of the molecule is CN[C@@H](C)C(=O)NC1CN(CCC(C)C)c2ccccc2N(Cc2cccc3ccccc23)C1=O. The second-order valence-corrected chi connectivity index (χ2v) is 9.75. The van der Waals surface area contributed by atoms with E-state index < -0.39 is 6.04 Å². The van der Waals surface area contributed by atoms with Crippen LogP contribution in [0.15, 0.2) is 66.7 Å². The van der Waals surface area contributed by atoms with Gasteiger partial charge in [-0.05, 0) is 54.8 Å². The second kappa shape index (κ2) is 10.9. The average molecular weight is 473 g/mol. The number of carbonyl (C=O) groups is 2. The smallest absolute Gasteiger partial charge is 0.251 e. The summed E-state index contributed by atoms with van der Waals surface area (Å²) >= 11 is 0. The van der Waals surface area contributed by atoms with Crippen molar-refractivity contribution in [3.8, 4) is 0 Å². The van der Waals surface area contributed by atoms with Gasteiger partial charge in [-0.3, -0.25) is 9.59 Å². The van der Waals surface area contributed by atoms with Crippen LogP contribution < -0.4 is 20.4 Å². The molecule has 0 spiro atoms. The number of para-hydroxylation sites is 2. The van der Waals surface area contributed by atoms with Gasteiger partial charge in [0.05, 0.1) is 24.0 Å². The lowest BCUT2D eigenvalue weighted by Crippen LogP contribution is -2.55. The molecular weight excluding hydrogens is 436 g/mol. The highest BCUT2D eigenvalue weighted by atomic mass is 16.2. The summed E-state index contributed by atoms with van der Waals surface area (Å²) in [5.41, 5.74) is 2.99. The Morgan fingerprint density at radius 3 is 2.40 bits per heavy atom. The molecule has 4 rings (SSSR count). The Kier molecular flexibility index (Phi) is 7.71. The highest BCUT2D eigenvalue weighted by molar-refractivity contribution is 6.04. The van der Waals surface area contributed by atoms with Crippen molar-refractivity contribution in [3.05, 3.63) is 72.3 Å². The van der Waals surface area contributed by atoms with E-state index in [-0.39, 0.29) is 17.9 Å². The first kappa shape index (κ1) is 24.7. The fourth-order valence-electron chi connectivity index (χ4n) is 4.59. The van der Waals surface area contributed by atoms with Crippen LogP contribution in [0.5, 0.6) is 0 Å². The van der Waals surface area contributed by atoms with E-state index >= 15 is 0 Å². The van der Waals surface area contributed by atoms with E-state index in [0.717, 1.165) is 40.7 Å². The van der Waals surface area contributed by atoms with Crippen molar-refractivity contribution < 1.29 is 9.59 Å². The topological polar surface area (TPSA) is 64.7 Å². The van der Waals surface area contributed by atoms with Gasteiger partial charge in [0.15, 0.2) is 0 Å². The number of hydrogen-bond acceptors (Lipinski definition) is 4. The maximum Gasteiger partial charge on any atom is 0.251 e. The molecule has 35 heavy (non-hydrogen) atoms. The molecule has 3 aromatic rings. The van der Waals surface area contributed by atoms with Crippen molar-refractivity contribution in [2.24, 2.45) is 5.92 Å². The zero-order valence-corrected chi connectivity index (χ0v) is 21.1. The summed E-state index contributed by atoms with van der Waals surface area (Å²) in [6, 6.07) is 21.5. The third-order valence-electron chi connectivity index (χ3n) is 6.81. The quantitative estimate of drug-likeness (QED) is 0.512. The Morgan fingerprint density at radius 1 is 0.971 bits per heavy atom. The van der Waals surface area contributed by atoms with Crippen LogP contribution in [-0.2, 0) is 16.1 Å². The number of hydrogen-bond donors (Lipinski definition) is 2. The van der Waals surface area contributed by atoms with Crippen LogP contribution in [0.25, 0.3) is 10.8 Å². The Bertz CT molecular complexity index is 1190. The number of anilines is 2. The normalized spacial score (nSPS) is 16.8. The van der Waals surface area contributed by atoms with E-state index in [4.69, 9.17) is 0 Å².